The molecule has 0 amide bonds. The second kappa shape index (κ2) is 26.1. The van der Waals surface area contributed by atoms with E-state index in [9.17, 15) is 4.79 Å². The summed E-state index contributed by atoms with van der Waals surface area (Å²) in [4.78, 5) is 16.5. The summed E-state index contributed by atoms with van der Waals surface area (Å²) in [5, 5.41) is 0. The van der Waals surface area contributed by atoms with E-state index in [1.54, 1.807) is 0 Å². The molecule has 0 spiro atoms. The molecular weight excluding hydrogens is 529 g/mol. The Bertz CT molecular complexity index is 917. The summed E-state index contributed by atoms with van der Waals surface area (Å²) in [6.07, 6.45) is 24.5. The number of hydrogen-bond acceptors (Lipinski definition) is 2. The average Bonchev–Trinajstić information content (AvgIpc) is 3.04. The second-order valence-corrected chi connectivity index (χ2v) is 12.1. The number of rotatable bonds is 7. The summed E-state index contributed by atoms with van der Waals surface area (Å²) >= 11 is 5.54. The fourth-order valence-electron chi connectivity index (χ4n) is 5.66. The number of unbranched alkanes of at least 4 members (excludes halogenated alkanes) is 1. The fraction of sp³-hybridized carbons (Fsp3) is 0.605. The zero-order valence-corrected chi connectivity index (χ0v) is 27.9. The van der Waals surface area contributed by atoms with Crippen molar-refractivity contribution in [3.63, 3.8) is 0 Å². The number of hydrogen-bond donors (Lipinski definition) is 0. The van der Waals surface area contributed by atoms with Crippen molar-refractivity contribution in [3.8, 4) is 0 Å². The Kier molecular flexibility index (Phi) is 24.0. The topological polar surface area (TPSA) is 29.4 Å². The van der Waals surface area contributed by atoms with E-state index in [1.165, 1.54) is 93.9 Å². The molecule has 3 saturated carbocycles. The number of benzene rings is 2. The standard InChI is InChI=1S/C14H18O.C12H21N.C8H9Cl.C4H9.Li/c15-14-9-5-4-8-13(14)11-10-12-6-2-1-3-7-12;1-3-7-11(8-4-1)13-12-9-5-2-6-10-12;9-7-6-8-4-2-1-3-5-8;1-3-4-2;/h1-3,6-7,13H,4-5,8-11H2;11H,1-10H2;1-5H,6-7H2;3H,4H2,1-2H3;/q;;;-1;+1. The molecule has 4 heteroatoms. The van der Waals surface area contributed by atoms with E-state index < -0.39 is 0 Å². The third-order valence-corrected chi connectivity index (χ3v) is 8.50. The van der Waals surface area contributed by atoms with Gasteiger partial charge in [0.2, 0.25) is 0 Å². The molecule has 3 aliphatic rings. The van der Waals surface area contributed by atoms with Crippen molar-refractivity contribution in [1.82, 2.24) is 0 Å². The molecule has 5 rings (SSSR count). The normalized spacial score (nSPS) is 18.5. The molecular formula is C38H57ClLiNO. The Morgan fingerprint density at radius 3 is 1.76 bits per heavy atom. The van der Waals surface area contributed by atoms with Crippen LogP contribution in [0, 0.1) is 12.3 Å². The van der Waals surface area contributed by atoms with Crippen LogP contribution in [0.4, 0.5) is 0 Å². The average molecular weight is 586 g/mol. The van der Waals surface area contributed by atoms with Gasteiger partial charge in [0.15, 0.2) is 0 Å². The molecule has 2 nitrogen and oxygen atoms in total. The van der Waals surface area contributed by atoms with Gasteiger partial charge in [-0.1, -0.05) is 99.7 Å². The van der Waals surface area contributed by atoms with E-state index in [1.807, 2.05) is 24.3 Å². The van der Waals surface area contributed by atoms with Crippen LogP contribution in [-0.4, -0.2) is 23.4 Å². The number of Topliss-reactive ketones (excluding diaryl/α,β-unsaturated/α-hetero) is 1. The van der Waals surface area contributed by atoms with Crippen LogP contribution in [0.3, 0.4) is 0 Å². The Morgan fingerprint density at radius 2 is 1.24 bits per heavy atom. The summed E-state index contributed by atoms with van der Waals surface area (Å²) in [6, 6.07) is 21.4. The molecule has 0 bridgehead atoms. The Balaban J connectivity index is 0.000000300. The van der Waals surface area contributed by atoms with Crippen molar-refractivity contribution in [3.05, 3.63) is 78.2 Å². The third-order valence-electron chi connectivity index (χ3n) is 8.31. The zero-order valence-electron chi connectivity index (χ0n) is 27.2. The summed E-state index contributed by atoms with van der Waals surface area (Å²) in [7, 11) is 0. The first kappa shape index (κ1) is 38.7. The molecule has 3 fully saturated rings. The molecule has 0 saturated heterocycles. The molecule has 0 heterocycles. The first-order valence-corrected chi connectivity index (χ1v) is 17.2. The fourth-order valence-corrected chi connectivity index (χ4v) is 5.88. The van der Waals surface area contributed by atoms with Crippen molar-refractivity contribution in [2.75, 3.05) is 5.88 Å². The third kappa shape index (κ3) is 18.4. The van der Waals surface area contributed by atoms with Gasteiger partial charge in [-0.3, -0.25) is 9.79 Å². The zero-order chi connectivity index (χ0) is 29.4. The molecule has 0 aromatic heterocycles. The maximum absolute atomic E-state index is 11.6. The van der Waals surface area contributed by atoms with Crippen LogP contribution >= 0.6 is 11.6 Å². The molecule has 0 radical (unpaired) electrons. The Labute approximate surface area is 276 Å². The Morgan fingerprint density at radius 1 is 0.738 bits per heavy atom. The van der Waals surface area contributed by atoms with Crippen molar-refractivity contribution in [2.24, 2.45) is 10.9 Å². The van der Waals surface area contributed by atoms with Crippen LogP contribution in [0.5, 0.6) is 0 Å². The van der Waals surface area contributed by atoms with Gasteiger partial charge >= 0.3 is 18.9 Å². The number of aliphatic imine (C=N–C) groups is 1. The maximum atomic E-state index is 11.6. The van der Waals surface area contributed by atoms with Gasteiger partial charge < -0.3 is 6.42 Å². The number of ketones is 1. The number of aryl methyl sites for hydroxylation is 2. The van der Waals surface area contributed by atoms with E-state index in [-0.39, 0.29) is 18.9 Å². The van der Waals surface area contributed by atoms with Gasteiger partial charge in [-0.05, 0) is 81.8 Å². The van der Waals surface area contributed by atoms with Crippen molar-refractivity contribution >= 4 is 23.1 Å². The number of nitrogens with zero attached hydrogens (tertiary/aromatic N) is 1. The minimum Gasteiger partial charge on any atom is -0.332 e. The SMILES string of the molecule is C1CCC(=NC2CCCCC2)CC1.C[CH-]CC.ClCCc1ccccc1.O=C1CCCCC1CCc1ccccc1.[Li+]. The van der Waals surface area contributed by atoms with E-state index >= 15 is 0 Å². The van der Waals surface area contributed by atoms with Gasteiger partial charge in [0.1, 0.15) is 5.78 Å². The van der Waals surface area contributed by atoms with Gasteiger partial charge in [-0.2, -0.15) is 13.3 Å². The minimum atomic E-state index is 0. The van der Waals surface area contributed by atoms with Crippen molar-refractivity contribution in [2.45, 2.75) is 135 Å². The van der Waals surface area contributed by atoms with Crippen molar-refractivity contribution < 1.29 is 23.7 Å². The van der Waals surface area contributed by atoms with Crippen LogP contribution in [0.1, 0.15) is 128 Å². The number of carbonyl (C=O) groups excluding carboxylic acids is 1. The molecule has 2 aromatic carbocycles. The van der Waals surface area contributed by atoms with Gasteiger partial charge in [-0.15, -0.1) is 11.6 Å². The van der Waals surface area contributed by atoms with Crippen LogP contribution in [-0.2, 0) is 17.6 Å². The molecule has 42 heavy (non-hydrogen) atoms. The second-order valence-electron chi connectivity index (χ2n) is 11.7. The predicted octanol–water partition coefficient (Wildman–Crippen LogP) is 8.20. The molecule has 1 unspecified atom stereocenters. The van der Waals surface area contributed by atoms with Gasteiger partial charge in [-0.25, -0.2) is 0 Å². The summed E-state index contributed by atoms with van der Waals surface area (Å²) in [5.41, 5.74) is 4.21. The smallest absolute Gasteiger partial charge is 0.332 e. The largest absolute Gasteiger partial charge is 1.00 e. The van der Waals surface area contributed by atoms with Crippen LogP contribution in [0.25, 0.3) is 0 Å². The number of carbonyl (C=O) groups is 1. The molecule has 0 N–H and O–H groups in total. The van der Waals surface area contributed by atoms with Crippen LogP contribution < -0.4 is 18.9 Å². The summed E-state index contributed by atoms with van der Waals surface area (Å²) in [5.74, 6) is 1.56. The summed E-state index contributed by atoms with van der Waals surface area (Å²) in [6.45, 7) is 4.18. The predicted molar refractivity (Wildman–Crippen MR) is 180 cm³/mol. The van der Waals surface area contributed by atoms with Gasteiger partial charge in [0.25, 0.3) is 0 Å². The monoisotopic (exact) mass is 585 g/mol. The van der Waals surface area contributed by atoms with E-state index in [4.69, 9.17) is 16.6 Å². The van der Waals surface area contributed by atoms with E-state index in [2.05, 4.69) is 56.7 Å². The van der Waals surface area contributed by atoms with Gasteiger partial charge in [0, 0.05) is 30.0 Å². The van der Waals surface area contributed by atoms with Crippen molar-refractivity contribution in [1.29, 1.82) is 0 Å². The first-order chi connectivity index (χ1) is 20.2. The molecule has 3 aliphatic carbocycles. The van der Waals surface area contributed by atoms with Crippen LogP contribution in [0.2, 0.25) is 0 Å². The Hall–Kier alpha value is -1.33. The maximum Gasteiger partial charge on any atom is 1.00 e. The minimum absolute atomic E-state index is 0. The van der Waals surface area contributed by atoms with Crippen LogP contribution in [0.15, 0.2) is 65.7 Å². The quantitative estimate of drug-likeness (QED) is 0.183. The molecule has 2 aromatic rings. The number of halogens is 1. The number of alkyl halides is 1. The molecule has 228 valence electrons. The summed E-state index contributed by atoms with van der Waals surface area (Å²) < 4.78 is 0. The molecule has 0 aliphatic heterocycles. The van der Waals surface area contributed by atoms with E-state index in [0.29, 0.717) is 23.6 Å². The van der Waals surface area contributed by atoms with E-state index in [0.717, 1.165) is 38.5 Å². The first-order valence-electron chi connectivity index (χ1n) is 16.7. The molecule has 1 atom stereocenters. The van der Waals surface area contributed by atoms with Gasteiger partial charge in [0.05, 0.1) is 0 Å².